The van der Waals surface area contributed by atoms with Crippen LogP contribution in [0.4, 0.5) is 5.82 Å². The first-order chi connectivity index (χ1) is 10.8. The number of aryl methyl sites for hydroxylation is 1. The number of hydrogen-bond acceptors (Lipinski definition) is 4. The molecule has 4 rings (SSSR count). The van der Waals surface area contributed by atoms with Gasteiger partial charge in [0, 0.05) is 18.8 Å². The molecule has 0 aliphatic carbocycles. The van der Waals surface area contributed by atoms with Gasteiger partial charge in [0.25, 0.3) is 0 Å². The van der Waals surface area contributed by atoms with Crippen molar-refractivity contribution >= 4 is 22.8 Å². The molecule has 1 saturated heterocycles. The normalized spacial score (nSPS) is 18.1. The smallest absolute Gasteiger partial charge is 0.140 e. The van der Waals surface area contributed by atoms with Crippen molar-refractivity contribution in [3.8, 4) is 10.6 Å². The molecule has 4 nitrogen and oxygen atoms in total. The Morgan fingerprint density at radius 1 is 1.36 bits per heavy atom. The van der Waals surface area contributed by atoms with Gasteiger partial charge < -0.3 is 10.1 Å². The maximum Gasteiger partial charge on any atom is 0.140 e. The Morgan fingerprint density at radius 2 is 2.32 bits per heavy atom. The largest absolute Gasteiger partial charge is 0.376 e. The first-order valence-electron chi connectivity index (χ1n) is 7.70. The van der Waals surface area contributed by atoms with Crippen LogP contribution in [0.15, 0.2) is 35.7 Å². The van der Waals surface area contributed by atoms with Gasteiger partial charge in [0.15, 0.2) is 0 Å². The Morgan fingerprint density at radius 3 is 3.09 bits per heavy atom. The van der Waals surface area contributed by atoms with E-state index in [-0.39, 0.29) is 0 Å². The summed E-state index contributed by atoms with van der Waals surface area (Å²) in [6.07, 6.45) is 2.61. The van der Waals surface area contributed by atoms with Crippen molar-refractivity contribution in [1.29, 1.82) is 0 Å². The molecule has 22 heavy (non-hydrogen) atoms. The molecule has 0 bridgehead atoms. The standard InChI is InChI=1S/C17H19N3OS/c1-12-5-2-8-15-19-16(14-7-4-10-22-14)17(20(12)15)18-11-13-6-3-9-21-13/h2,4-5,7-8,10,13,18H,3,6,9,11H2,1H3. The summed E-state index contributed by atoms with van der Waals surface area (Å²) in [5.41, 5.74) is 3.20. The van der Waals surface area contributed by atoms with Crippen molar-refractivity contribution in [1.82, 2.24) is 9.38 Å². The molecule has 1 N–H and O–H groups in total. The highest BCUT2D eigenvalue weighted by Gasteiger charge is 2.19. The third kappa shape index (κ3) is 2.40. The highest BCUT2D eigenvalue weighted by Crippen LogP contribution is 2.33. The zero-order chi connectivity index (χ0) is 14.9. The fourth-order valence-corrected chi connectivity index (χ4v) is 3.73. The van der Waals surface area contributed by atoms with E-state index in [0.717, 1.165) is 43.2 Å². The Bertz CT molecular complexity index is 773. The highest BCUT2D eigenvalue weighted by atomic mass is 32.1. The topological polar surface area (TPSA) is 38.6 Å². The average Bonchev–Trinajstić information content (AvgIpc) is 3.25. The van der Waals surface area contributed by atoms with Crippen LogP contribution >= 0.6 is 11.3 Å². The third-order valence-corrected chi connectivity index (χ3v) is 4.99. The van der Waals surface area contributed by atoms with E-state index in [1.54, 1.807) is 11.3 Å². The predicted molar refractivity (Wildman–Crippen MR) is 90.7 cm³/mol. The second kappa shape index (κ2) is 5.74. The number of fused-ring (bicyclic) bond motifs is 1. The summed E-state index contributed by atoms with van der Waals surface area (Å²) in [5.74, 6) is 1.08. The minimum Gasteiger partial charge on any atom is -0.376 e. The minimum absolute atomic E-state index is 0.311. The van der Waals surface area contributed by atoms with Gasteiger partial charge in [0.2, 0.25) is 0 Å². The lowest BCUT2D eigenvalue weighted by atomic mass is 10.2. The molecular formula is C17H19N3OS. The van der Waals surface area contributed by atoms with Crippen LogP contribution in [0.25, 0.3) is 16.2 Å². The molecule has 0 saturated carbocycles. The van der Waals surface area contributed by atoms with E-state index in [1.165, 1.54) is 10.6 Å². The van der Waals surface area contributed by atoms with Crippen molar-refractivity contribution in [3.05, 3.63) is 41.4 Å². The maximum atomic E-state index is 5.73. The molecule has 0 radical (unpaired) electrons. The second-order valence-corrected chi connectivity index (χ2v) is 6.61. The summed E-state index contributed by atoms with van der Waals surface area (Å²) in [6.45, 7) is 3.83. The second-order valence-electron chi connectivity index (χ2n) is 5.66. The van der Waals surface area contributed by atoms with Crippen molar-refractivity contribution in [3.63, 3.8) is 0 Å². The Labute approximate surface area is 133 Å². The summed E-state index contributed by atoms with van der Waals surface area (Å²) in [7, 11) is 0. The van der Waals surface area contributed by atoms with Gasteiger partial charge in [-0.2, -0.15) is 0 Å². The van der Waals surface area contributed by atoms with Crippen LogP contribution < -0.4 is 5.32 Å². The lowest BCUT2D eigenvalue weighted by Crippen LogP contribution is -2.19. The SMILES string of the molecule is Cc1cccc2nc(-c3cccs3)c(NCC3CCCO3)n12. The molecule has 1 fully saturated rings. The summed E-state index contributed by atoms with van der Waals surface area (Å²) in [4.78, 5) is 6.02. The predicted octanol–water partition coefficient (Wildman–Crippen LogP) is 3.96. The van der Waals surface area contributed by atoms with E-state index in [9.17, 15) is 0 Å². The molecule has 5 heteroatoms. The number of ether oxygens (including phenoxy) is 1. The van der Waals surface area contributed by atoms with Crippen LogP contribution in [0.2, 0.25) is 0 Å². The summed E-state index contributed by atoms with van der Waals surface area (Å²) in [5, 5.41) is 5.68. The lowest BCUT2D eigenvalue weighted by Gasteiger charge is -2.13. The van der Waals surface area contributed by atoms with Crippen LogP contribution in [0.3, 0.4) is 0 Å². The number of nitrogens with one attached hydrogen (secondary N) is 1. The molecule has 1 atom stereocenters. The molecular weight excluding hydrogens is 294 g/mol. The van der Waals surface area contributed by atoms with Crippen LogP contribution in [-0.4, -0.2) is 28.6 Å². The fraction of sp³-hybridized carbons (Fsp3) is 0.353. The van der Waals surface area contributed by atoms with Gasteiger partial charge >= 0.3 is 0 Å². The Balaban J connectivity index is 1.76. The number of aromatic nitrogens is 2. The summed E-state index contributed by atoms with van der Waals surface area (Å²) in [6, 6.07) is 10.4. The number of anilines is 1. The minimum atomic E-state index is 0.311. The van der Waals surface area contributed by atoms with E-state index >= 15 is 0 Å². The van der Waals surface area contributed by atoms with E-state index in [4.69, 9.17) is 9.72 Å². The fourth-order valence-electron chi connectivity index (χ4n) is 3.02. The number of hydrogen-bond donors (Lipinski definition) is 1. The van der Waals surface area contributed by atoms with E-state index in [1.807, 2.05) is 0 Å². The first kappa shape index (κ1) is 13.8. The van der Waals surface area contributed by atoms with Crippen LogP contribution in [0.1, 0.15) is 18.5 Å². The molecule has 1 aliphatic rings. The van der Waals surface area contributed by atoms with Gasteiger partial charge in [-0.25, -0.2) is 4.98 Å². The van der Waals surface area contributed by atoms with Crippen LogP contribution in [-0.2, 0) is 4.74 Å². The van der Waals surface area contributed by atoms with Gasteiger partial charge in [-0.1, -0.05) is 12.1 Å². The lowest BCUT2D eigenvalue weighted by molar-refractivity contribution is 0.120. The molecule has 1 aliphatic heterocycles. The quantitative estimate of drug-likeness (QED) is 0.792. The van der Waals surface area contributed by atoms with Gasteiger partial charge in [-0.05, 0) is 43.3 Å². The highest BCUT2D eigenvalue weighted by molar-refractivity contribution is 7.13. The van der Waals surface area contributed by atoms with Crippen molar-refractivity contribution in [2.45, 2.75) is 25.9 Å². The third-order valence-electron chi connectivity index (χ3n) is 4.11. The van der Waals surface area contributed by atoms with E-state index < -0.39 is 0 Å². The first-order valence-corrected chi connectivity index (χ1v) is 8.58. The maximum absolute atomic E-state index is 5.73. The molecule has 0 amide bonds. The summed E-state index contributed by atoms with van der Waals surface area (Å²) >= 11 is 1.72. The number of rotatable bonds is 4. The zero-order valence-corrected chi connectivity index (χ0v) is 13.4. The number of imidazole rings is 1. The van der Waals surface area contributed by atoms with Crippen LogP contribution in [0, 0.1) is 6.92 Å². The van der Waals surface area contributed by atoms with Crippen LogP contribution in [0.5, 0.6) is 0 Å². The molecule has 3 aromatic heterocycles. The van der Waals surface area contributed by atoms with E-state index in [2.05, 4.69) is 52.4 Å². The molecule has 0 spiro atoms. The molecule has 4 heterocycles. The molecule has 0 aromatic carbocycles. The number of pyridine rings is 1. The van der Waals surface area contributed by atoms with Crippen molar-refractivity contribution in [2.75, 3.05) is 18.5 Å². The zero-order valence-electron chi connectivity index (χ0n) is 12.6. The Hall–Kier alpha value is -1.85. The molecule has 3 aromatic rings. The van der Waals surface area contributed by atoms with Gasteiger partial charge in [0.1, 0.15) is 17.2 Å². The van der Waals surface area contributed by atoms with Gasteiger partial charge in [-0.3, -0.25) is 4.40 Å². The summed E-state index contributed by atoms with van der Waals surface area (Å²) < 4.78 is 7.93. The average molecular weight is 313 g/mol. The van der Waals surface area contributed by atoms with Crippen molar-refractivity contribution in [2.24, 2.45) is 0 Å². The molecule has 114 valence electrons. The van der Waals surface area contributed by atoms with Gasteiger partial charge in [0.05, 0.1) is 11.0 Å². The van der Waals surface area contributed by atoms with Crippen molar-refractivity contribution < 1.29 is 4.74 Å². The number of thiophene rings is 1. The van der Waals surface area contributed by atoms with Gasteiger partial charge in [-0.15, -0.1) is 11.3 Å². The van der Waals surface area contributed by atoms with E-state index in [0.29, 0.717) is 6.10 Å². The number of nitrogens with zero attached hydrogens (tertiary/aromatic N) is 2. The molecule has 1 unspecified atom stereocenters. The Kier molecular flexibility index (Phi) is 3.60. The monoisotopic (exact) mass is 313 g/mol.